The number of benzene rings is 1. The van der Waals surface area contributed by atoms with Gasteiger partial charge in [-0.05, 0) is 44.0 Å². The van der Waals surface area contributed by atoms with Crippen LogP contribution in [0, 0.1) is 5.92 Å². The zero-order valence-electron chi connectivity index (χ0n) is 9.73. The van der Waals surface area contributed by atoms with Gasteiger partial charge in [-0.25, -0.2) is 0 Å². The lowest BCUT2D eigenvalue weighted by Crippen LogP contribution is -2.30. The highest BCUT2D eigenvalue weighted by molar-refractivity contribution is 5.85. The normalized spacial score (nSPS) is 24.5. The van der Waals surface area contributed by atoms with Crippen molar-refractivity contribution in [2.24, 2.45) is 5.92 Å². The van der Waals surface area contributed by atoms with Gasteiger partial charge in [0.1, 0.15) is 0 Å². The molecule has 0 aromatic heterocycles. The summed E-state index contributed by atoms with van der Waals surface area (Å²) < 4.78 is 0. The highest BCUT2D eigenvalue weighted by Gasteiger charge is 2.27. The third kappa shape index (κ3) is 2.35. The second kappa shape index (κ2) is 5.00. The molecule has 0 saturated carbocycles. The van der Waals surface area contributed by atoms with E-state index in [9.17, 15) is 0 Å². The lowest BCUT2D eigenvalue weighted by atomic mass is 9.80. The summed E-state index contributed by atoms with van der Waals surface area (Å²) in [7, 11) is 4.37. The molecule has 1 nitrogen and oxygen atoms in total. The summed E-state index contributed by atoms with van der Waals surface area (Å²) in [5.41, 5.74) is 3.08. The lowest BCUT2D eigenvalue weighted by Gasteiger charge is -2.36. The first-order valence-electron chi connectivity index (χ1n) is 5.44. The number of nitrogens with zero attached hydrogens (tertiary/aromatic N) is 1. The van der Waals surface area contributed by atoms with E-state index in [1.807, 2.05) is 0 Å². The van der Waals surface area contributed by atoms with Crippen LogP contribution in [0.2, 0.25) is 0 Å². The van der Waals surface area contributed by atoms with Crippen LogP contribution in [0.1, 0.15) is 30.5 Å². The Balaban J connectivity index is 0.00000112. The maximum atomic E-state index is 2.36. The van der Waals surface area contributed by atoms with Gasteiger partial charge >= 0.3 is 0 Å². The first-order chi connectivity index (χ1) is 6.70. The van der Waals surface area contributed by atoms with Crippen LogP contribution in [0.25, 0.3) is 0 Å². The summed E-state index contributed by atoms with van der Waals surface area (Å²) in [6.07, 6.45) is 2.57. The molecule has 1 aromatic carbocycles. The van der Waals surface area contributed by atoms with Gasteiger partial charge in [0.2, 0.25) is 0 Å². The molecular formula is C13H20ClN. The van der Waals surface area contributed by atoms with Crippen molar-refractivity contribution in [3.05, 3.63) is 35.4 Å². The van der Waals surface area contributed by atoms with Gasteiger partial charge in [-0.3, -0.25) is 0 Å². The van der Waals surface area contributed by atoms with Gasteiger partial charge < -0.3 is 4.90 Å². The van der Waals surface area contributed by atoms with Crippen molar-refractivity contribution in [2.45, 2.75) is 25.8 Å². The van der Waals surface area contributed by atoms with Crippen molar-refractivity contribution in [3.8, 4) is 0 Å². The monoisotopic (exact) mass is 225 g/mol. The highest BCUT2D eigenvalue weighted by atomic mass is 35.5. The van der Waals surface area contributed by atoms with Gasteiger partial charge in [0.15, 0.2) is 0 Å². The lowest BCUT2D eigenvalue weighted by molar-refractivity contribution is 0.203. The first kappa shape index (κ1) is 12.5. The number of aryl methyl sites for hydroxylation is 1. The smallest absolute Gasteiger partial charge is 0.0370 e. The highest BCUT2D eigenvalue weighted by Crippen LogP contribution is 2.36. The second-order valence-electron chi connectivity index (χ2n) is 4.62. The molecule has 84 valence electrons. The molecule has 0 N–H and O–H groups in total. The van der Waals surface area contributed by atoms with Crippen molar-refractivity contribution in [1.82, 2.24) is 4.90 Å². The average Bonchev–Trinajstić information content (AvgIpc) is 2.17. The predicted molar refractivity (Wildman–Crippen MR) is 67.6 cm³/mol. The minimum atomic E-state index is 0. The van der Waals surface area contributed by atoms with Gasteiger partial charge in [-0.1, -0.05) is 31.2 Å². The largest absolute Gasteiger partial charge is 0.302 e. The number of halogens is 1. The average molecular weight is 226 g/mol. The van der Waals surface area contributed by atoms with Crippen LogP contribution in [0.4, 0.5) is 0 Å². The Labute approximate surface area is 98.9 Å². The van der Waals surface area contributed by atoms with E-state index in [0.29, 0.717) is 6.04 Å². The van der Waals surface area contributed by atoms with Gasteiger partial charge in [-0.15, -0.1) is 12.4 Å². The minimum Gasteiger partial charge on any atom is -0.302 e. The number of hydrogen-bond donors (Lipinski definition) is 0. The first-order valence-corrected chi connectivity index (χ1v) is 5.44. The molecule has 0 amide bonds. The molecule has 2 heteroatoms. The van der Waals surface area contributed by atoms with E-state index in [4.69, 9.17) is 0 Å². The van der Waals surface area contributed by atoms with Gasteiger partial charge in [0.25, 0.3) is 0 Å². The van der Waals surface area contributed by atoms with Crippen LogP contribution in [0.15, 0.2) is 24.3 Å². The molecule has 1 aliphatic rings. The molecule has 2 atom stereocenters. The van der Waals surface area contributed by atoms with E-state index in [1.165, 1.54) is 18.4 Å². The summed E-state index contributed by atoms with van der Waals surface area (Å²) in [6.45, 7) is 2.36. The molecule has 1 aromatic rings. The summed E-state index contributed by atoms with van der Waals surface area (Å²) >= 11 is 0. The molecule has 0 heterocycles. The Hall–Kier alpha value is -0.530. The molecular weight excluding hydrogens is 206 g/mol. The second-order valence-corrected chi connectivity index (χ2v) is 4.62. The molecule has 15 heavy (non-hydrogen) atoms. The van der Waals surface area contributed by atoms with Crippen molar-refractivity contribution in [3.63, 3.8) is 0 Å². The third-order valence-corrected chi connectivity index (χ3v) is 3.34. The molecule has 1 aliphatic carbocycles. The van der Waals surface area contributed by atoms with E-state index < -0.39 is 0 Å². The number of hydrogen-bond acceptors (Lipinski definition) is 1. The minimum absolute atomic E-state index is 0. The van der Waals surface area contributed by atoms with Crippen molar-refractivity contribution in [1.29, 1.82) is 0 Å². The van der Waals surface area contributed by atoms with E-state index in [1.54, 1.807) is 5.56 Å². The Bertz CT molecular complexity index is 322. The van der Waals surface area contributed by atoms with E-state index >= 15 is 0 Å². The molecule has 0 fully saturated rings. The van der Waals surface area contributed by atoms with Crippen LogP contribution in [0.5, 0.6) is 0 Å². The topological polar surface area (TPSA) is 3.24 Å². The fraction of sp³-hybridized carbons (Fsp3) is 0.538. The van der Waals surface area contributed by atoms with E-state index in [0.717, 1.165) is 5.92 Å². The van der Waals surface area contributed by atoms with E-state index in [-0.39, 0.29) is 12.4 Å². The van der Waals surface area contributed by atoms with Crippen LogP contribution in [-0.4, -0.2) is 19.0 Å². The van der Waals surface area contributed by atoms with Gasteiger partial charge in [0, 0.05) is 6.04 Å². The SMILES string of the molecule is CC1CCc2ccccc2C1N(C)C.Cl. The predicted octanol–water partition coefficient (Wildman–Crippen LogP) is 3.29. The van der Waals surface area contributed by atoms with Crippen LogP contribution >= 0.6 is 12.4 Å². The zero-order valence-corrected chi connectivity index (χ0v) is 10.6. The molecule has 0 spiro atoms. The standard InChI is InChI=1S/C13H19N.ClH/c1-10-8-9-11-6-4-5-7-12(11)13(10)14(2)3;/h4-7,10,13H,8-9H2,1-3H3;1H. The van der Waals surface area contributed by atoms with Crippen molar-refractivity contribution in [2.75, 3.05) is 14.1 Å². The molecule has 0 saturated heterocycles. The maximum Gasteiger partial charge on any atom is 0.0370 e. The summed E-state index contributed by atoms with van der Waals surface area (Å²) in [5, 5.41) is 0. The fourth-order valence-corrected chi connectivity index (χ4v) is 2.69. The van der Waals surface area contributed by atoms with Gasteiger partial charge in [0.05, 0.1) is 0 Å². The zero-order chi connectivity index (χ0) is 10.1. The Morgan fingerprint density at radius 3 is 2.53 bits per heavy atom. The Kier molecular flexibility index (Phi) is 4.18. The van der Waals surface area contributed by atoms with Crippen LogP contribution in [0.3, 0.4) is 0 Å². The molecule has 0 bridgehead atoms. The number of rotatable bonds is 1. The van der Waals surface area contributed by atoms with Crippen molar-refractivity contribution >= 4 is 12.4 Å². The summed E-state index contributed by atoms with van der Waals surface area (Å²) in [5.74, 6) is 0.778. The van der Waals surface area contributed by atoms with Crippen LogP contribution in [-0.2, 0) is 6.42 Å². The molecule has 2 unspecified atom stereocenters. The summed E-state index contributed by atoms with van der Waals surface area (Å²) in [6, 6.07) is 9.49. The Morgan fingerprint density at radius 1 is 1.20 bits per heavy atom. The van der Waals surface area contributed by atoms with Crippen LogP contribution < -0.4 is 0 Å². The maximum absolute atomic E-state index is 2.36. The molecule has 2 rings (SSSR count). The molecule has 0 aliphatic heterocycles. The number of fused-ring (bicyclic) bond motifs is 1. The molecule has 0 radical (unpaired) electrons. The summed E-state index contributed by atoms with van der Waals surface area (Å²) in [4.78, 5) is 2.35. The van der Waals surface area contributed by atoms with E-state index in [2.05, 4.69) is 50.2 Å². The quantitative estimate of drug-likeness (QED) is 0.709. The van der Waals surface area contributed by atoms with Gasteiger partial charge in [-0.2, -0.15) is 0 Å². The Morgan fingerprint density at radius 2 is 1.87 bits per heavy atom. The third-order valence-electron chi connectivity index (χ3n) is 3.34. The van der Waals surface area contributed by atoms with Crippen molar-refractivity contribution < 1.29 is 0 Å². The fourth-order valence-electron chi connectivity index (χ4n) is 2.69.